The van der Waals surface area contributed by atoms with E-state index in [0.29, 0.717) is 18.8 Å². The highest BCUT2D eigenvalue weighted by Gasteiger charge is 2.18. The van der Waals surface area contributed by atoms with Crippen LogP contribution in [0.25, 0.3) is 0 Å². The minimum Gasteiger partial charge on any atom is -0.350 e. The number of rotatable bonds is 9. The summed E-state index contributed by atoms with van der Waals surface area (Å²) in [5, 5.41) is 7.61. The van der Waals surface area contributed by atoms with Gasteiger partial charge in [-0.25, -0.2) is 12.7 Å². The Morgan fingerprint density at radius 3 is 2.27 bits per heavy atom. The van der Waals surface area contributed by atoms with E-state index < -0.39 is 10.0 Å². The molecule has 0 aliphatic carbocycles. The number of amides is 1. The van der Waals surface area contributed by atoms with Gasteiger partial charge in [-0.1, -0.05) is 26.0 Å². The van der Waals surface area contributed by atoms with Crippen LogP contribution in [-0.4, -0.2) is 42.5 Å². The zero-order valence-corrected chi connectivity index (χ0v) is 19.9. The van der Waals surface area contributed by atoms with Gasteiger partial charge in [0, 0.05) is 32.8 Å². The van der Waals surface area contributed by atoms with Crippen LogP contribution in [0.5, 0.6) is 0 Å². The number of aromatic nitrogens is 2. The lowest BCUT2D eigenvalue weighted by Gasteiger charge is -2.16. The molecule has 1 atom stereocenters. The van der Waals surface area contributed by atoms with Gasteiger partial charge in [-0.15, -0.1) is 0 Å². The van der Waals surface area contributed by atoms with E-state index in [-0.39, 0.29) is 16.8 Å². The number of aryl methyl sites for hydroxylation is 1. The Morgan fingerprint density at radius 1 is 1.13 bits per heavy atom. The molecule has 0 saturated heterocycles. The van der Waals surface area contributed by atoms with Crippen molar-refractivity contribution in [3.05, 3.63) is 46.8 Å². The van der Waals surface area contributed by atoms with Crippen LogP contribution in [0.4, 0.5) is 0 Å². The molecule has 1 N–H and O–H groups in total. The molecule has 1 amide bonds. The van der Waals surface area contributed by atoms with Crippen LogP contribution in [0.2, 0.25) is 0 Å². The lowest BCUT2D eigenvalue weighted by atomic mass is 10.1. The van der Waals surface area contributed by atoms with Crippen molar-refractivity contribution >= 4 is 15.9 Å². The average Bonchev–Trinajstić information content (AvgIpc) is 2.92. The number of carbonyl (C=O) groups is 1. The first-order chi connectivity index (χ1) is 13.9. The van der Waals surface area contributed by atoms with Crippen LogP contribution in [0, 0.1) is 19.8 Å². The fourth-order valence-electron chi connectivity index (χ4n) is 3.39. The van der Waals surface area contributed by atoms with Crippen LogP contribution < -0.4 is 5.32 Å². The first kappa shape index (κ1) is 24.1. The van der Waals surface area contributed by atoms with Crippen molar-refractivity contribution in [1.82, 2.24) is 19.4 Å². The number of carbonyl (C=O) groups excluding carboxylic acids is 1. The second-order valence-corrected chi connectivity index (χ2v) is 10.5. The highest BCUT2D eigenvalue weighted by atomic mass is 32.2. The molecule has 0 saturated carbocycles. The Labute approximate surface area is 180 Å². The first-order valence-corrected chi connectivity index (χ1v) is 11.7. The minimum atomic E-state index is -3.46. The van der Waals surface area contributed by atoms with E-state index in [2.05, 4.69) is 31.2 Å². The van der Waals surface area contributed by atoms with Crippen LogP contribution in [0.3, 0.4) is 0 Å². The maximum atomic E-state index is 12.5. The van der Waals surface area contributed by atoms with E-state index in [4.69, 9.17) is 0 Å². The molecule has 1 unspecified atom stereocenters. The number of sulfonamides is 1. The van der Waals surface area contributed by atoms with Gasteiger partial charge in [0.2, 0.25) is 15.9 Å². The van der Waals surface area contributed by atoms with Crippen molar-refractivity contribution in [1.29, 1.82) is 0 Å². The third-order valence-electron chi connectivity index (χ3n) is 5.21. The fraction of sp³-hybridized carbons (Fsp3) is 0.545. The Balaban J connectivity index is 1.98. The summed E-state index contributed by atoms with van der Waals surface area (Å²) in [6.45, 7) is 11.1. The topological polar surface area (TPSA) is 84.3 Å². The molecular formula is C22H34N4O3S. The van der Waals surface area contributed by atoms with Gasteiger partial charge >= 0.3 is 0 Å². The van der Waals surface area contributed by atoms with Crippen LogP contribution in [0.1, 0.15) is 55.7 Å². The molecule has 0 aliphatic rings. The Bertz CT molecular complexity index is 977. The quantitative estimate of drug-likeness (QED) is 0.657. The summed E-state index contributed by atoms with van der Waals surface area (Å²) in [4.78, 5) is 12.7. The number of nitrogens with one attached hydrogen (secondary N) is 1. The standard InChI is InChI=1S/C22H34N4O3S/c1-15(2)14-26-18(5)21(17(4)24-26)12-13-22(27)23-16(3)19-8-10-20(11-9-19)30(28,29)25(6)7/h8-11,15-16H,12-14H2,1-7H3,(H,23,27). The van der Waals surface area contributed by atoms with E-state index >= 15 is 0 Å². The zero-order chi connectivity index (χ0) is 22.6. The van der Waals surface area contributed by atoms with Crippen LogP contribution in [-0.2, 0) is 27.8 Å². The molecule has 0 fully saturated rings. The molecule has 166 valence electrons. The highest BCUT2D eigenvalue weighted by molar-refractivity contribution is 7.89. The van der Waals surface area contributed by atoms with Gasteiger partial charge in [-0.3, -0.25) is 9.48 Å². The van der Waals surface area contributed by atoms with E-state index in [0.717, 1.165) is 29.1 Å². The third-order valence-corrected chi connectivity index (χ3v) is 7.04. The number of hydrogen-bond acceptors (Lipinski definition) is 4. The Morgan fingerprint density at radius 2 is 1.73 bits per heavy atom. The molecule has 1 aromatic carbocycles. The summed E-state index contributed by atoms with van der Waals surface area (Å²) >= 11 is 0. The molecule has 30 heavy (non-hydrogen) atoms. The highest BCUT2D eigenvalue weighted by Crippen LogP contribution is 2.19. The predicted octanol–water partition coefficient (Wildman–Crippen LogP) is 3.22. The molecule has 0 aliphatic heterocycles. The predicted molar refractivity (Wildman–Crippen MR) is 119 cm³/mol. The van der Waals surface area contributed by atoms with Crippen LogP contribution in [0.15, 0.2) is 29.2 Å². The monoisotopic (exact) mass is 434 g/mol. The second-order valence-electron chi connectivity index (χ2n) is 8.37. The van der Waals surface area contributed by atoms with E-state index in [1.54, 1.807) is 24.3 Å². The van der Waals surface area contributed by atoms with Gasteiger partial charge in [0.15, 0.2) is 0 Å². The number of hydrogen-bond donors (Lipinski definition) is 1. The third kappa shape index (κ3) is 5.70. The van der Waals surface area contributed by atoms with Gasteiger partial charge < -0.3 is 5.32 Å². The summed E-state index contributed by atoms with van der Waals surface area (Å²) in [6.07, 6.45) is 1.03. The molecule has 0 radical (unpaired) electrons. The van der Waals surface area contributed by atoms with E-state index in [1.165, 1.54) is 18.4 Å². The molecule has 1 aromatic heterocycles. The van der Waals surface area contributed by atoms with Gasteiger partial charge in [0.25, 0.3) is 0 Å². The molecule has 2 rings (SSSR count). The first-order valence-electron chi connectivity index (χ1n) is 10.3. The molecule has 1 heterocycles. The van der Waals surface area contributed by atoms with Crippen molar-refractivity contribution in [2.45, 2.75) is 64.9 Å². The molecule has 2 aromatic rings. The maximum Gasteiger partial charge on any atom is 0.242 e. The SMILES string of the molecule is Cc1nn(CC(C)C)c(C)c1CCC(=O)NC(C)c1ccc(S(=O)(=O)N(C)C)cc1. The average molecular weight is 435 g/mol. The van der Waals surface area contributed by atoms with Gasteiger partial charge in [-0.05, 0) is 56.4 Å². The van der Waals surface area contributed by atoms with Gasteiger partial charge in [-0.2, -0.15) is 5.10 Å². The molecular weight excluding hydrogens is 400 g/mol. The van der Waals surface area contributed by atoms with Gasteiger partial charge in [0.05, 0.1) is 16.6 Å². The lowest BCUT2D eigenvalue weighted by Crippen LogP contribution is -2.27. The summed E-state index contributed by atoms with van der Waals surface area (Å²) in [6, 6.07) is 6.42. The minimum absolute atomic E-state index is 0.0390. The summed E-state index contributed by atoms with van der Waals surface area (Å²) < 4.78 is 27.6. The fourth-order valence-corrected chi connectivity index (χ4v) is 4.30. The Kier molecular flexibility index (Phi) is 7.82. The summed E-state index contributed by atoms with van der Waals surface area (Å²) in [5.41, 5.74) is 4.10. The second kappa shape index (κ2) is 9.75. The van der Waals surface area contributed by atoms with Crippen molar-refractivity contribution in [2.24, 2.45) is 5.92 Å². The maximum absolute atomic E-state index is 12.5. The van der Waals surface area contributed by atoms with Gasteiger partial charge in [0.1, 0.15) is 0 Å². The number of benzene rings is 1. The molecule has 0 spiro atoms. The molecule has 8 heteroatoms. The van der Waals surface area contributed by atoms with Crippen molar-refractivity contribution < 1.29 is 13.2 Å². The van der Waals surface area contributed by atoms with Crippen molar-refractivity contribution in [3.63, 3.8) is 0 Å². The normalized spacial score (nSPS) is 13.1. The molecule has 7 nitrogen and oxygen atoms in total. The zero-order valence-electron chi connectivity index (χ0n) is 19.1. The lowest BCUT2D eigenvalue weighted by molar-refractivity contribution is -0.121. The number of nitrogens with zero attached hydrogens (tertiary/aromatic N) is 3. The smallest absolute Gasteiger partial charge is 0.242 e. The summed E-state index contributed by atoms with van der Waals surface area (Å²) in [5.74, 6) is 0.474. The summed E-state index contributed by atoms with van der Waals surface area (Å²) in [7, 11) is -0.453. The van der Waals surface area contributed by atoms with Crippen LogP contribution >= 0.6 is 0 Å². The molecule has 0 bridgehead atoms. The largest absolute Gasteiger partial charge is 0.350 e. The van der Waals surface area contributed by atoms with Crippen molar-refractivity contribution in [3.8, 4) is 0 Å². The Hall–Kier alpha value is -2.19. The van der Waals surface area contributed by atoms with E-state index in [9.17, 15) is 13.2 Å². The van der Waals surface area contributed by atoms with Crippen molar-refractivity contribution in [2.75, 3.05) is 14.1 Å². The van der Waals surface area contributed by atoms with E-state index in [1.807, 2.05) is 18.5 Å².